The van der Waals surface area contributed by atoms with Crippen LogP contribution in [0.1, 0.15) is 24.5 Å². The molecular weight excluding hydrogens is 302 g/mol. The lowest BCUT2D eigenvalue weighted by Gasteiger charge is -2.31. The van der Waals surface area contributed by atoms with Gasteiger partial charge in [-0.25, -0.2) is 0 Å². The van der Waals surface area contributed by atoms with Crippen molar-refractivity contribution in [2.45, 2.75) is 18.8 Å². The molecule has 1 fully saturated rings. The van der Waals surface area contributed by atoms with Gasteiger partial charge in [-0.3, -0.25) is 14.7 Å². The summed E-state index contributed by atoms with van der Waals surface area (Å²) in [5.41, 5.74) is 8.44. The molecule has 1 aliphatic heterocycles. The van der Waals surface area contributed by atoms with Gasteiger partial charge in [0.25, 0.3) is 0 Å². The van der Waals surface area contributed by atoms with Gasteiger partial charge in [-0.15, -0.1) is 0 Å². The van der Waals surface area contributed by atoms with Crippen LogP contribution in [0, 0.1) is 0 Å². The number of nitrogens with two attached hydrogens (primary N) is 1. The van der Waals surface area contributed by atoms with Gasteiger partial charge in [-0.1, -0.05) is 6.07 Å². The van der Waals surface area contributed by atoms with Gasteiger partial charge in [0.15, 0.2) is 0 Å². The van der Waals surface area contributed by atoms with E-state index in [4.69, 9.17) is 15.5 Å². The Labute approximate surface area is 142 Å². The highest BCUT2D eigenvalue weighted by atomic mass is 16.5. The topological polar surface area (TPSA) is 68.5 Å². The Morgan fingerprint density at radius 3 is 2.79 bits per heavy atom. The maximum atomic E-state index is 11.2. The first-order valence-electron chi connectivity index (χ1n) is 8.28. The number of ether oxygens (including phenoxy) is 1. The van der Waals surface area contributed by atoms with Crippen LogP contribution in [-0.2, 0) is 4.79 Å². The average molecular weight is 325 g/mol. The van der Waals surface area contributed by atoms with E-state index in [1.807, 2.05) is 30.3 Å². The van der Waals surface area contributed by atoms with E-state index in [2.05, 4.69) is 17.0 Å². The first-order chi connectivity index (χ1) is 11.7. The first kappa shape index (κ1) is 16.5. The summed E-state index contributed by atoms with van der Waals surface area (Å²) in [5.74, 6) is 0.913. The molecule has 1 aliphatic rings. The molecule has 0 saturated carbocycles. The molecule has 5 heteroatoms. The molecule has 5 nitrogen and oxygen atoms in total. The lowest BCUT2D eigenvalue weighted by Crippen LogP contribution is -2.40. The number of methoxy groups -OCH3 is 1. The van der Waals surface area contributed by atoms with E-state index >= 15 is 0 Å². The average Bonchev–Trinajstić information content (AvgIpc) is 2.62. The summed E-state index contributed by atoms with van der Waals surface area (Å²) in [7, 11) is 1.66. The molecule has 0 spiro atoms. The van der Waals surface area contributed by atoms with E-state index in [0.717, 1.165) is 48.6 Å². The van der Waals surface area contributed by atoms with E-state index in [1.165, 1.54) is 0 Å². The highest BCUT2D eigenvalue weighted by molar-refractivity contribution is 5.75. The Kier molecular flexibility index (Phi) is 5.11. The molecule has 24 heavy (non-hydrogen) atoms. The molecular formula is C19H23N3O2. The van der Waals surface area contributed by atoms with Crippen molar-refractivity contribution in [3.05, 3.63) is 48.2 Å². The summed E-state index contributed by atoms with van der Waals surface area (Å²) in [6, 6.07) is 14.1. The number of hydrogen-bond donors (Lipinski definition) is 1. The Morgan fingerprint density at radius 1 is 1.29 bits per heavy atom. The van der Waals surface area contributed by atoms with Gasteiger partial charge in [0.05, 0.1) is 19.3 Å². The molecule has 1 saturated heterocycles. The van der Waals surface area contributed by atoms with Gasteiger partial charge in [-0.2, -0.15) is 0 Å². The molecule has 1 atom stereocenters. The Hall–Kier alpha value is -2.40. The molecule has 2 N–H and O–H groups in total. The van der Waals surface area contributed by atoms with Gasteiger partial charge in [-0.05, 0) is 55.8 Å². The number of benzene rings is 1. The van der Waals surface area contributed by atoms with Crippen LogP contribution in [0.5, 0.6) is 5.75 Å². The molecule has 2 heterocycles. The third-order valence-electron chi connectivity index (χ3n) is 4.46. The van der Waals surface area contributed by atoms with Crippen molar-refractivity contribution in [2.75, 3.05) is 26.7 Å². The van der Waals surface area contributed by atoms with Crippen molar-refractivity contribution in [1.29, 1.82) is 0 Å². The van der Waals surface area contributed by atoms with Crippen molar-refractivity contribution >= 4 is 5.91 Å². The third-order valence-corrected chi connectivity index (χ3v) is 4.46. The number of carbonyl (C=O) groups excluding carboxylic acids is 1. The smallest absolute Gasteiger partial charge is 0.231 e. The maximum absolute atomic E-state index is 11.2. The quantitative estimate of drug-likeness (QED) is 0.917. The van der Waals surface area contributed by atoms with Crippen molar-refractivity contribution in [1.82, 2.24) is 9.88 Å². The van der Waals surface area contributed by atoms with Gasteiger partial charge in [0, 0.05) is 23.7 Å². The maximum Gasteiger partial charge on any atom is 0.231 e. The number of pyridine rings is 1. The molecule has 0 radical (unpaired) electrons. The van der Waals surface area contributed by atoms with Crippen LogP contribution < -0.4 is 10.5 Å². The Balaban J connectivity index is 1.78. The van der Waals surface area contributed by atoms with E-state index < -0.39 is 0 Å². The van der Waals surface area contributed by atoms with Crippen LogP contribution in [0.2, 0.25) is 0 Å². The number of rotatable bonds is 5. The van der Waals surface area contributed by atoms with E-state index in [1.54, 1.807) is 7.11 Å². The highest BCUT2D eigenvalue weighted by Gasteiger charge is 2.23. The summed E-state index contributed by atoms with van der Waals surface area (Å²) in [6.07, 6.45) is 2.15. The van der Waals surface area contributed by atoms with Gasteiger partial charge < -0.3 is 10.5 Å². The number of hydrogen-bond acceptors (Lipinski definition) is 4. The van der Waals surface area contributed by atoms with Crippen LogP contribution in [0.3, 0.4) is 0 Å². The van der Waals surface area contributed by atoms with Crippen molar-refractivity contribution in [2.24, 2.45) is 5.73 Å². The van der Waals surface area contributed by atoms with Gasteiger partial charge in [0.2, 0.25) is 5.91 Å². The zero-order valence-electron chi connectivity index (χ0n) is 13.9. The summed E-state index contributed by atoms with van der Waals surface area (Å²) < 4.78 is 5.20. The zero-order chi connectivity index (χ0) is 16.9. The fourth-order valence-corrected chi connectivity index (χ4v) is 3.26. The normalized spacial score (nSPS) is 18.3. The fraction of sp³-hybridized carbons (Fsp3) is 0.368. The summed E-state index contributed by atoms with van der Waals surface area (Å²) >= 11 is 0. The minimum atomic E-state index is -0.268. The number of carbonyl (C=O) groups is 1. The van der Waals surface area contributed by atoms with E-state index in [9.17, 15) is 4.79 Å². The largest absolute Gasteiger partial charge is 0.497 e. The molecule has 2 aromatic rings. The van der Waals surface area contributed by atoms with Crippen molar-refractivity contribution in [3.63, 3.8) is 0 Å². The van der Waals surface area contributed by atoms with Crippen LogP contribution in [0.4, 0.5) is 0 Å². The summed E-state index contributed by atoms with van der Waals surface area (Å²) in [6.45, 7) is 2.09. The van der Waals surface area contributed by atoms with Gasteiger partial charge >= 0.3 is 0 Å². The molecule has 1 amide bonds. The van der Waals surface area contributed by atoms with E-state index in [0.29, 0.717) is 12.5 Å². The zero-order valence-corrected chi connectivity index (χ0v) is 13.9. The molecule has 1 unspecified atom stereocenters. The predicted octanol–water partition coefficient (Wildman–Crippen LogP) is 2.42. The Morgan fingerprint density at radius 2 is 2.08 bits per heavy atom. The summed E-state index contributed by atoms with van der Waals surface area (Å²) in [5, 5.41) is 0. The summed E-state index contributed by atoms with van der Waals surface area (Å²) in [4.78, 5) is 18.1. The number of likely N-dealkylation sites (tertiary alicyclic amines) is 1. The number of piperidine rings is 1. The van der Waals surface area contributed by atoms with Crippen molar-refractivity contribution < 1.29 is 9.53 Å². The number of nitrogens with zero attached hydrogens (tertiary/aromatic N) is 2. The second-order valence-electron chi connectivity index (χ2n) is 6.22. The molecule has 1 aromatic carbocycles. The molecule has 0 aliphatic carbocycles. The lowest BCUT2D eigenvalue weighted by molar-refractivity contribution is -0.119. The number of amides is 1. The second kappa shape index (κ2) is 7.45. The van der Waals surface area contributed by atoms with Crippen LogP contribution in [-0.4, -0.2) is 42.5 Å². The molecule has 126 valence electrons. The Bertz CT molecular complexity index is 700. The fourth-order valence-electron chi connectivity index (χ4n) is 3.26. The van der Waals surface area contributed by atoms with Gasteiger partial charge in [0.1, 0.15) is 5.75 Å². The second-order valence-corrected chi connectivity index (χ2v) is 6.22. The van der Waals surface area contributed by atoms with E-state index in [-0.39, 0.29) is 5.91 Å². The molecule has 0 bridgehead atoms. The predicted molar refractivity (Wildman–Crippen MR) is 93.8 cm³/mol. The van der Waals surface area contributed by atoms with Crippen LogP contribution in [0.15, 0.2) is 42.5 Å². The first-order valence-corrected chi connectivity index (χ1v) is 8.28. The monoisotopic (exact) mass is 325 g/mol. The minimum Gasteiger partial charge on any atom is -0.497 e. The highest BCUT2D eigenvalue weighted by Crippen LogP contribution is 2.28. The third kappa shape index (κ3) is 3.92. The standard InChI is InChI=1S/C19H23N3O2/c1-24-16-9-7-14(8-10-16)17-5-2-6-18(21-17)15-4-3-11-22(12-15)13-19(20)23/h2,5-10,15H,3-4,11-13H2,1H3,(H2,20,23). The minimum absolute atomic E-state index is 0.268. The SMILES string of the molecule is COc1ccc(-c2cccc(C3CCCN(CC(N)=O)C3)n2)cc1. The number of aromatic nitrogens is 1. The lowest BCUT2D eigenvalue weighted by atomic mass is 9.94. The molecule has 3 rings (SSSR count). The molecule has 1 aromatic heterocycles. The van der Waals surface area contributed by atoms with Crippen molar-refractivity contribution in [3.8, 4) is 17.0 Å². The van der Waals surface area contributed by atoms with Crippen LogP contribution in [0.25, 0.3) is 11.3 Å². The van der Waals surface area contributed by atoms with Crippen LogP contribution >= 0.6 is 0 Å². The number of primary amides is 1.